The molecule has 0 saturated carbocycles. The van der Waals surface area contributed by atoms with Crippen molar-refractivity contribution in [3.8, 4) is 16.9 Å². The molecule has 4 aromatic heterocycles. The van der Waals surface area contributed by atoms with Crippen molar-refractivity contribution in [2.45, 2.75) is 31.3 Å². The lowest BCUT2D eigenvalue weighted by atomic mass is 10.0. The van der Waals surface area contributed by atoms with Gasteiger partial charge in [-0.2, -0.15) is 10.2 Å². The zero-order chi connectivity index (χ0) is 30.7. The van der Waals surface area contributed by atoms with Crippen LogP contribution in [0.5, 0.6) is 0 Å². The van der Waals surface area contributed by atoms with Gasteiger partial charge in [-0.1, -0.05) is 18.2 Å². The number of carbonyl (C=O) groups excluding carboxylic acids is 1. The summed E-state index contributed by atoms with van der Waals surface area (Å²) in [5.74, 6) is -0.269. The first-order valence-electron chi connectivity index (χ1n) is 14.8. The van der Waals surface area contributed by atoms with Gasteiger partial charge in [-0.05, 0) is 49.6 Å². The third kappa shape index (κ3) is 4.62. The molecule has 2 N–H and O–H groups in total. The van der Waals surface area contributed by atoms with E-state index in [9.17, 15) is 13.6 Å². The average Bonchev–Trinajstić information content (AvgIpc) is 3.78. The Morgan fingerprint density at radius 1 is 1.04 bits per heavy atom. The molecule has 6 heterocycles. The van der Waals surface area contributed by atoms with Crippen molar-refractivity contribution in [3.63, 3.8) is 0 Å². The van der Waals surface area contributed by atoms with Crippen LogP contribution >= 0.6 is 0 Å². The SMILES string of the molecule is CN1CCCc2n[nH]c3cccc(c23)-c2cccc(n2)N[C@H]2C[C@@H](C1=O)N(c1ncnc3c1cnn3-c1ccc(F)cc1F)C2. The van der Waals surface area contributed by atoms with Gasteiger partial charge in [0.05, 0.1) is 28.5 Å². The van der Waals surface area contributed by atoms with Gasteiger partial charge in [-0.15, -0.1) is 0 Å². The second-order valence-corrected chi connectivity index (χ2v) is 11.5. The van der Waals surface area contributed by atoms with Crippen LogP contribution in [0.15, 0.2) is 67.1 Å². The molecule has 45 heavy (non-hydrogen) atoms. The number of amides is 1. The Balaban J connectivity index is 1.19. The second-order valence-electron chi connectivity index (χ2n) is 11.5. The van der Waals surface area contributed by atoms with Crippen LogP contribution in [-0.2, 0) is 11.2 Å². The number of carbonyl (C=O) groups is 1. The third-order valence-electron chi connectivity index (χ3n) is 8.67. The first kappa shape index (κ1) is 27.1. The highest BCUT2D eigenvalue weighted by molar-refractivity contribution is 5.96. The van der Waals surface area contributed by atoms with Crippen molar-refractivity contribution in [3.05, 3.63) is 84.4 Å². The molecular formula is C32H28F2N10O. The van der Waals surface area contributed by atoms with Crippen LogP contribution in [0.25, 0.3) is 38.9 Å². The lowest BCUT2D eigenvalue weighted by Crippen LogP contribution is -2.45. The summed E-state index contributed by atoms with van der Waals surface area (Å²) in [6, 6.07) is 14.6. The fourth-order valence-electron chi connectivity index (χ4n) is 6.56. The Kier molecular flexibility index (Phi) is 6.39. The molecule has 2 aromatic carbocycles. The Bertz CT molecular complexity index is 2090. The first-order chi connectivity index (χ1) is 21.9. The van der Waals surface area contributed by atoms with E-state index in [0.29, 0.717) is 48.6 Å². The van der Waals surface area contributed by atoms with E-state index in [4.69, 9.17) is 4.98 Å². The molecule has 11 nitrogen and oxygen atoms in total. The summed E-state index contributed by atoms with van der Waals surface area (Å²) in [6.07, 6.45) is 4.86. The Hall–Kier alpha value is -5.46. The maximum absolute atomic E-state index is 14.7. The summed E-state index contributed by atoms with van der Waals surface area (Å²) in [5, 5.41) is 17.3. The molecule has 1 amide bonds. The zero-order valence-electron chi connectivity index (χ0n) is 24.3. The minimum Gasteiger partial charge on any atom is -0.365 e. The van der Waals surface area contributed by atoms with Gasteiger partial charge >= 0.3 is 0 Å². The maximum Gasteiger partial charge on any atom is 0.245 e. The molecular weight excluding hydrogens is 578 g/mol. The van der Waals surface area contributed by atoms with Gasteiger partial charge in [-0.25, -0.2) is 28.4 Å². The summed E-state index contributed by atoms with van der Waals surface area (Å²) >= 11 is 0. The van der Waals surface area contributed by atoms with Crippen molar-refractivity contribution in [2.75, 3.05) is 30.4 Å². The van der Waals surface area contributed by atoms with Crippen LogP contribution in [0, 0.1) is 11.6 Å². The van der Waals surface area contributed by atoms with Crippen LogP contribution < -0.4 is 10.2 Å². The molecule has 2 atom stereocenters. The molecule has 0 radical (unpaired) electrons. The van der Waals surface area contributed by atoms with Gasteiger partial charge in [-0.3, -0.25) is 9.89 Å². The number of nitrogens with zero attached hydrogens (tertiary/aromatic N) is 8. The number of hydrogen-bond acceptors (Lipinski definition) is 8. The van der Waals surface area contributed by atoms with E-state index >= 15 is 0 Å². The molecule has 2 aliphatic rings. The number of benzene rings is 2. The molecule has 1 saturated heterocycles. The molecule has 6 aromatic rings. The maximum atomic E-state index is 14.7. The van der Waals surface area contributed by atoms with E-state index < -0.39 is 17.7 Å². The molecule has 4 bridgehead atoms. The molecule has 0 aliphatic carbocycles. The van der Waals surface area contributed by atoms with Gasteiger partial charge < -0.3 is 15.1 Å². The number of pyridine rings is 1. The standard InChI is InChI=1S/C32H28F2N10O/c1-42-12-4-8-25-29-20(5-2-7-24(29)40-41-25)23-6-3-9-28(39-23)38-19-14-27(32(42)45)43(16-19)30-21-15-37-44(31(21)36-17-35-30)26-11-10-18(33)13-22(26)34/h2-3,5-7,9-11,13,15,17,19,27H,4,8,12,14,16H2,1H3,(H,38,39)(H,40,41)/t19-,27-/m0/s1. The lowest BCUT2D eigenvalue weighted by Gasteiger charge is -2.28. The number of anilines is 2. The van der Waals surface area contributed by atoms with Crippen molar-refractivity contribution < 1.29 is 13.6 Å². The van der Waals surface area contributed by atoms with Gasteiger partial charge in [0.25, 0.3) is 0 Å². The van der Waals surface area contributed by atoms with Crippen molar-refractivity contribution >= 4 is 39.5 Å². The zero-order valence-corrected chi connectivity index (χ0v) is 24.3. The van der Waals surface area contributed by atoms with Gasteiger partial charge in [0.1, 0.15) is 35.5 Å². The number of likely N-dealkylation sites (N-methyl/N-ethyl adjacent to an activating group) is 1. The molecule has 13 heteroatoms. The number of aryl methyl sites for hydroxylation is 1. The summed E-state index contributed by atoms with van der Waals surface area (Å²) in [7, 11) is 1.82. The predicted octanol–water partition coefficient (Wildman–Crippen LogP) is 4.50. The fourth-order valence-corrected chi connectivity index (χ4v) is 6.56. The number of H-pyrrole nitrogens is 1. The van der Waals surface area contributed by atoms with E-state index in [1.807, 2.05) is 42.3 Å². The van der Waals surface area contributed by atoms with Crippen LogP contribution in [-0.4, -0.2) is 78.0 Å². The van der Waals surface area contributed by atoms with Gasteiger partial charge in [0.2, 0.25) is 5.91 Å². The van der Waals surface area contributed by atoms with Crippen molar-refractivity contribution in [1.82, 2.24) is 39.8 Å². The van der Waals surface area contributed by atoms with E-state index in [-0.39, 0.29) is 17.6 Å². The number of hydrogen-bond donors (Lipinski definition) is 2. The quantitative estimate of drug-likeness (QED) is 0.296. The number of rotatable bonds is 2. The molecule has 1 fully saturated rings. The topological polar surface area (TPSA) is 121 Å². The lowest BCUT2D eigenvalue weighted by molar-refractivity contribution is -0.131. The minimum atomic E-state index is -0.763. The van der Waals surface area contributed by atoms with Gasteiger partial charge in [0, 0.05) is 43.2 Å². The minimum absolute atomic E-state index is 0.0350. The highest BCUT2D eigenvalue weighted by atomic mass is 19.1. The number of halogens is 2. The molecule has 2 aliphatic heterocycles. The molecule has 226 valence electrons. The number of nitrogens with one attached hydrogen (secondary N) is 2. The second kappa shape index (κ2) is 10.6. The Morgan fingerprint density at radius 3 is 2.82 bits per heavy atom. The molecule has 0 unspecified atom stereocenters. The summed E-state index contributed by atoms with van der Waals surface area (Å²) < 4.78 is 29.7. The van der Waals surface area contributed by atoms with E-state index in [2.05, 4.69) is 36.6 Å². The average molecular weight is 607 g/mol. The van der Waals surface area contributed by atoms with Crippen LogP contribution in [0.1, 0.15) is 18.5 Å². The van der Waals surface area contributed by atoms with E-state index in [0.717, 1.165) is 40.3 Å². The molecule has 8 rings (SSSR count). The van der Waals surface area contributed by atoms with Crippen LogP contribution in [0.4, 0.5) is 20.4 Å². The van der Waals surface area contributed by atoms with E-state index in [1.54, 1.807) is 11.1 Å². The van der Waals surface area contributed by atoms with Gasteiger partial charge in [0.15, 0.2) is 11.5 Å². The summed E-state index contributed by atoms with van der Waals surface area (Å²) in [4.78, 5) is 31.7. The predicted molar refractivity (Wildman–Crippen MR) is 165 cm³/mol. The smallest absolute Gasteiger partial charge is 0.245 e. The van der Waals surface area contributed by atoms with Crippen molar-refractivity contribution in [2.24, 2.45) is 0 Å². The van der Waals surface area contributed by atoms with Crippen LogP contribution in [0.2, 0.25) is 0 Å². The summed E-state index contributed by atoms with van der Waals surface area (Å²) in [5.41, 5.74) is 4.14. The number of fused-ring (bicyclic) bond motifs is 6. The highest BCUT2D eigenvalue weighted by Gasteiger charge is 2.40. The first-order valence-corrected chi connectivity index (χ1v) is 14.8. The van der Waals surface area contributed by atoms with Crippen molar-refractivity contribution in [1.29, 1.82) is 0 Å². The largest absolute Gasteiger partial charge is 0.365 e. The normalized spacial score (nSPS) is 18.7. The monoisotopic (exact) mass is 606 g/mol. The van der Waals surface area contributed by atoms with Crippen LogP contribution in [0.3, 0.4) is 0 Å². The Morgan fingerprint density at radius 2 is 1.93 bits per heavy atom. The molecule has 0 spiro atoms. The fraction of sp³-hybridized carbons (Fsp3) is 0.250. The van der Waals surface area contributed by atoms with E-state index in [1.165, 1.54) is 23.1 Å². The Labute approximate surface area is 255 Å². The highest BCUT2D eigenvalue weighted by Crippen LogP contribution is 2.34. The third-order valence-corrected chi connectivity index (χ3v) is 8.67. The summed E-state index contributed by atoms with van der Waals surface area (Å²) in [6.45, 7) is 1.00. The number of aromatic amines is 1. The number of aromatic nitrogens is 7.